The van der Waals surface area contributed by atoms with Crippen molar-refractivity contribution >= 4 is 38.2 Å². The van der Waals surface area contributed by atoms with Crippen molar-refractivity contribution in [3.05, 3.63) is 77.3 Å². The van der Waals surface area contributed by atoms with Gasteiger partial charge < -0.3 is 28.5 Å². The normalized spacial score (nSPS) is 11.6. The van der Waals surface area contributed by atoms with E-state index in [9.17, 15) is 15.0 Å². The second-order valence-electron chi connectivity index (χ2n) is 8.02. The molecule has 0 amide bonds. The van der Waals surface area contributed by atoms with Crippen LogP contribution in [0.2, 0.25) is 0 Å². The summed E-state index contributed by atoms with van der Waals surface area (Å²) in [5.74, 6) is 0.511. The van der Waals surface area contributed by atoms with E-state index in [2.05, 4.69) is 0 Å². The predicted molar refractivity (Wildman–Crippen MR) is 130 cm³/mol. The summed E-state index contributed by atoms with van der Waals surface area (Å²) in [6.45, 7) is 0. The van der Waals surface area contributed by atoms with Crippen LogP contribution < -0.4 is 15.1 Å². The van der Waals surface area contributed by atoms with Gasteiger partial charge in [-0.2, -0.15) is 0 Å². The highest BCUT2D eigenvalue weighted by Crippen LogP contribution is 2.44. The fraction of sp³-hybridized carbons (Fsp3) is 0.0741. The summed E-state index contributed by atoms with van der Waals surface area (Å²) in [6, 6.07) is 18.1. The monoisotopic (exact) mass is 453 g/mol. The molecule has 0 bridgehead atoms. The molecule has 34 heavy (non-hydrogen) atoms. The number of benzene rings is 3. The lowest BCUT2D eigenvalue weighted by Gasteiger charge is -2.09. The number of pyridine rings is 1. The summed E-state index contributed by atoms with van der Waals surface area (Å²) in [7, 11) is 2.96. The van der Waals surface area contributed by atoms with Crippen LogP contribution in [0, 0.1) is 0 Å². The third kappa shape index (κ3) is 2.67. The first kappa shape index (κ1) is 20.0. The lowest BCUT2D eigenvalue weighted by atomic mass is 9.98. The van der Waals surface area contributed by atoms with Crippen LogP contribution in [0.15, 0.2) is 76.1 Å². The van der Waals surface area contributed by atoms with Crippen molar-refractivity contribution < 1.29 is 24.1 Å². The first-order valence-corrected chi connectivity index (χ1v) is 10.6. The van der Waals surface area contributed by atoms with Gasteiger partial charge in [-0.05, 0) is 35.2 Å². The maximum absolute atomic E-state index is 13.3. The summed E-state index contributed by atoms with van der Waals surface area (Å²) >= 11 is 0. The minimum Gasteiger partial charge on any atom is -0.504 e. The molecule has 0 unspecified atom stereocenters. The first-order valence-electron chi connectivity index (χ1n) is 10.6. The SMILES string of the molecule is COc1cc2c(cc1O)oc(=O)c1c2c(-c2ccccc2)c2c3cc(OC)c(O)cc3ccn21. The van der Waals surface area contributed by atoms with Gasteiger partial charge >= 0.3 is 5.63 Å². The molecule has 0 aliphatic carbocycles. The Morgan fingerprint density at radius 2 is 1.50 bits per heavy atom. The van der Waals surface area contributed by atoms with E-state index in [1.807, 2.05) is 36.4 Å². The summed E-state index contributed by atoms with van der Waals surface area (Å²) in [6.07, 6.45) is 1.79. The average molecular weight is 453 g/mol. The number of fused-ring (bicyclic) bond motifs is 7. The van der Waals surface area contributed by atoms with E-state index in [4.69, 9.17) is 13.9 Å². The van der Waals surface area contributed by atoms with Crippen LogP contribution in [0.4, 0.5) is 0 Å². The zero-order chi connectivity index (χ0) is 23.6. The molecule has 0 saturated carbocycles. The van der Waals surface area contributed by atoms with E-state index < -0.39 is 5.63 Å². The molecule has 7 nitrogen and oxygen atoms in total. The molecule has 0 aliphatic rings. The van der Waals surface area contributed by atoms with Gasteiger partial charge in [-0.15, -0.1) is 0 Å². The molecule has 6 aromatic rings. The number of rotatable bonds is 3. The first-order chi connectivity index (χ1) is 16.5. The van der Waals surface area contributed by atoms with Crippen LogP contribution in [0.1, 0.15) is 0 Å². The highest BCUT2D eigenvalue weighted by atomic mass is 16.5. The van der Waals surface area contributed by atoms with Gasteiger partial charge in [0.2, 0.25) is 0 Å². The molecule has 2 N–H and O–H groups in total. The average Bonchev–Trinajstić information content (AvgIpc) is 3.20. The van der Waals surface area contributed by atoms with Crippen molar-refractivity contribution in [2.45, 2.75) is 0 Å². The Bertz CT molecular complexity index is 1820. The van der Waals surface area contributed by atoms with Crippen molar-refractivity contribution in [2.75, 3.05) is 14.2 Å². The van der Waals surface area contributed by atoms with E-state index >= 15 is 0 Å². The van der Waals surface area contributed by atoms with Crippen LogP contribution >= 0.6 is 0 Å². The lowest BCUT2D eigenvalue weighted by molar-refractivity contribution is 0.373. The number of hydrogen-bond acceptors (Lipinski definition) is 6. The maximum atomic E-state index is 13.3. The minimum atomic E-state index is -0.533. The molecule has 0 saturated heterocycles. The summed E-state index contributed by atoms with van der Waals surface area (Å²) < 4.78 is 18.2. The Kier molecular flexibility index (Phi) is 4.22. The van der Waals surface area contributed by atoms with E-state index in [-0.39, 0.29) is 22.8 Å². The van der Waals surface area contributed by atoms with E-state index in [0.717, 1.165) is 27.4 Å². The van der Waals surface area contributed by atoms with Gasteiger partial charge in [-0.25, -0.2) is 4.79 Å². The Morgan fingerprint density at radius 3 is 2.21 bits per heavy atom. The third-order valence-corrected chi connectivity index (χ3v) is 6.22. The highest BCUT2D eigenvalue weighted by Gasteiger charge is 2.23. The van der Waals surface area contributed by atoms with Gasteiger partial charge in [-0.1, -0.05) is 30.3 Å². The van der Waals surface area contributed by atoms with Gasteiger partial charge in [0.1, 0.15) is 11.1 Å². The van der Waals surface area contributed by atoms with Crippen molar-refractivity contribution in [1.82, 2.24) is 4.40 Å². The molecular weight excluding hydrogens is 434 g/mol. The van der Waals surface area contributed by atoms with Gasteiger partial charge in [0.25, 0.3) is 0 Å². The Labute approximate surface area is 192 Å². The van der Waals surface area contributed by atoms with Crippen LogP contribution in [0.25, 0.3) is 49.3 Å². The van der Waals surface area contributed by atoms with Crippen LogP contribution in [-0.4, -0.2) is 28.8 Å². The predicted octanol–water partition coefficient (Wildman–Crippen LogP) is 5.45. The fourth-order valence-electron chi connectivity index (χ4n) is 4.74. The molecule has 3 aromatic heterocycles. The smallest absolute Gasteiger partial charge is 0.361 e. The van der Waals surface area contributed by atoms with E-state index in [1.54, 1.807) is 28.8 Å². The van der Waals surface area contributed by atoms with Gasteiger partial charge in [0, 0.05) is 34.0 Å². The molecule has 7 heteroatoms. The topological polar surface area (TPSA) is 93.5 Å². The molecule has 0 atom stereocenters. The van der Waals surface area contributed by atoms with Gasteiger partial charge in [0.05, 0.1) is 19.7 Å². The van der Waals surface area contributed by atoms with Gasteiger partial charge in [0.15, 0.2) is 23.0 Å². The van der Waals surface area contributed by atoms with Crippen molar-refractivity contribution in [3.63, 3.8) is 0 Å². The molecule has 6 rings (SSSR count). The van der Waals surface area contributed by atoms with E-state index in [0.29, 0.717) is 22.0 Å². The molecule has 0 radical (unpaired) electrons. The number of methoxy groups -OCH3 is 2. The zero-order valence-corrected chi connectivity index (χ0v) is 18.3. The molecule has 3 heterocycles. The molecule has 0 spiro atoms. The Morgan fingerprint density at radius 1 is 0.824 bits per heavy atom. The molecule has 0 fully saturated rings. The zero-order valence-electron chi connectivity index (χ0n) is 18.3. The van der Waals surface area contributed by atoms with Crippen molar-refractivity contribution in [3.8, 4) is 34.1 Å². The van der Waals surface area contributed by atoms with Crippen LogP contribution in [0.3, 0.4) is 0 Å². The largest absolute Gasteiger partial charge is 0.504 e. The second kappa shape index (κ2) is 7.18. The number of phenolic OH excluding ortho intramolecular Hbond substituents is 2. The number of ether oxygens (including phenoxy) is 2. The third-order valence-electron chi connectivity index (χ3n) is 6.22. The maximum Gasteiger partial charge on any atom is 0.361 e. The molecular formula is C27H19NO6. The summed E-state index contributed by atoms with van der Waals surface area (Å²) in [4.78, 5) is 13.3. The number of nitrogens with zero attached hydrogens (tertiary/aromatic N) is 1. The molecule has 168 valence electrons. The second-order valence-corrected chi connectivity index (χ2v) is 8.02. The number of aromatic nitrogens is 1. The summed E-state index contributed by atoms with van der Waals surface area (Å²) in [5, 5.41) is 23.5. The Hall–Kier alpha value is -4.65. The number of aromatic hydroxyl groups is 2. The van der Waals surface area contributed by atoms with Crippen LogP contribution in [-0.2, 0) is 0 Å². The van der Waals surface area contributed by atoms with E-state index in [1.165, 1.54) is 20.3 Å². The number of phenols is 2. The molecule has 0 aliphatic heterocycles. The Balaban J connectivity index is 1.95. The lowest BCUT2D eigenvalue weighted by Crippen LogP contribution is -2.02. The fourth-order valence-corrected chi connectivity index (χ4v) is 4.74. The summed E-state index contributed by atoms with van der Waals surface area (Å²) in [5.41, 5.74) is 2.57. The van der Waals surface area contributed by atoms with Gasteiger partial charge in [-0.3, -0.25) is 0 Å². The standard InChI is InChI=1S/C27H19NO6/c1-32-21-11-16-15(10-18(21)29)8-9-28-25(16)23(14-6-4-3-5-7-14)24-17-12-22(33-2)19(30)13-20(17)34-27(31)26(24)28/h3-13,29-30H,1-2H3. The minimum absolute atomic E-state index is 0.0295. The van der Waals surface area contributed by atoms with Crippen molar-refractivity contribution in [2.24, 2.45) is 0 Å². The van der Waals surface area contributed by atoms with Crippen molar-refractivity contribution in [1.29, 1.82) is 0 Å². The van der Waals surface area contributed by atoms with Crippen LogP contribution in [0.5, 0.6) is 23.0 Å². The highest BCUT2D eigenvalue weighted by molar-refractivity contribution is 6.21. The number of hydrogen-bond donors (Lipinski definition) is 2. The molecule has 3 aromatic carbocycles. The quantitative estimate of drug-likeness (QED) is 0.346.